The van der Waals surface area contributed by atoms with E-state index < -0.39 is 0 Å². The molecule has 0 aliphatic carbocycles. The lowest BCUT2D eigenvalue weighted by Crippen LogP contribution is -2.07. The molecule has 3 N–H and O–H groups in total. The molecule has 0 heterocycles. The number of carbonyl (C=O) groups is 1. The lowest BCUT2D eigenvalue weighted by Gasteiger charge is -2.07. The maximum atomic E-state index is 11.8. The predicted molar refractivity (Wildman–Crippen MR) is 65.3 cm³/mol. The van der Waals surface area contributed by atoms with Crippen molar-refractivity contribution >= 4 is 11.5 Å². The third-order valence-electron chi connectivity index (χ3n) is 2.67. The molecule has 1 rings (SSSR count). The average molecular weight is 221 g/mol. The van der Waals surface area contributed by atoms with Crippen molar-refractivity contribution in [3.05, 3.63) is 29.8 Å². The molecule has 16 heavy (non-hydrogen) atoms. The number of nitrogens with two attached hydrogens (primary N) is 1. The lowest BCUT2D eigenvalue weighted by molar-refractivity contribution is 0.0969. The number of hydrogen-bond acceptors (Lipinski definition) is 3. The van der Waals surface area contributed by atoms with Crippen molar-refractivity contribution < 1.29 is 9.90 Å². The maximum absolute atomic E-state index is 11.8. The van der Waals surface area contributed by atoms with E-state index in [2.05, 4.69) is 0 Å². The molecule has 0 spiro atoms. The van der Waals surface area contributed by atoms with E-state index in [0.717, 1.165) is 6.42 Å². The Hall–Kier alpha value is -1.35. The SMILES string of the molecule is CCC(O)CCCC(=O)c1ccccc1N. The number of Topliss-reactive ketones (excluding diaryl/α,β-unsaturated/α-hetero) is 1. The Morgan fingerprint density at radius 2 is 2.12 bits per heavy atom. The van der Waals surface area contributed by atoms with Gasteiger partial charge in [-0.3, -0.25) is 4.79 Å². The number of aliphatic hydroxyl groups is 1. The second-order valence-corrected chi connectivity index (χ2v) is 3.96. The first kappa shape index (κ1) is 12.7. The van der Waals surface area contributed by atoms with Gasteiger partial charge in [-0.2, -0.15) is 0 Å². The minimum Gasteiger partial charge on any atom is -0.398 e. The molecule has 0 aliphatic heterocycles. The third-order valence-corrected chi connectivity index (χ3v) is 2.67. The van der Waals surface area contributed by atoms with Gasteiger partial charge in [-0.15, -0.1) is 0 Å². The number of anilines is 1. The zero-order valence-corrected chi connectivity index (χ0v) is 9.65. The van der Waals surface area contributed by atoms with Gasteiger partial charge in [0.2, 0.25) is 0 Å². The molecule has 0 radical (unpaired) electrons. The number of benzene rings is 1. The topological polar surface area (TPSA) is 63.3 Å². The summed E-state index contributed by atoms with van der Waals surface area (Å²) < 4.78 is 0. The molecule has 3 heteroatoms. The van der Waals surface area contributed by atoms with Crippen molar-refractivity contribution in [1.29, 1.82) is 0 Å². The fourth-order valence-corrected chi connectivity index (χ4v) is 1.59. The van der Waals surface area contributed by atoms with Crippen LogP contribution in [0.3, 0.4) is 0 Å². The highest BCUT2D eigenvalue weighted by atomic mass is 16.3. The number of nitrogen functional groups attached to an aromatic ring is 1. The van der Waals surface area contributed by atoms with E-state index in [1.165, 1.54) is 0 Å². The van der Waals surface area contributed by atoms with E-state index >= 15 is 0 Å². The molecule has 0 saturated carbocycles. The predicted octanol–water partition coefficient (Wildman–Crippen LogP) is 2.39. The number of hydrogen-bond donors (Lipinski definition) is 2. The monoisotopic (exact) mass is 221 g/mol. The van der Waals surface area contributed by atoms with Crippen LogP contribution in [0.15, 0.2) is 24.3 Å². The Kier molecular flexibility index (Phi) is 4.99. The Morgan fingerprint density at radius 1 is 1.44 bits per heavy atom. The molecular formula is C13H19NO2. The third kappa shape index (κ3) is 3.66. The normalized spacial score (nSPS) is 12.4. The highest BCUT2D eigenvalue weighted by molar-refractivity contribution is 6.00. The average Bonchev–Trinajstić information content (AvgIpc) is 2.29. The van der Waals surface area contributed by atoms with Crippen LogP contribution in [0.2, 0.25) is 0 Å². The number of ketones is 1. The van der Waals surface area contributed by atoms with Gasteiger partial charge in [0.25, 0.3) is 0 Å². The van der Waals surface area contributed by atoms with Crippen molar-refractivity contribution in [2.75, 3.05) is 5.73 Å². The van der Waals surface area contributed by atoms with E-state index in [4.69, 9.17) is 5.73 Å². The molecule has 88 valence electrons. The molecule has 3 nitrogen and oxygen atoms in total. The summed E-state index contributed by atoms with van der Waals surface area (Å²) in [6.07, 6.45) is 2.28. The van der Waals surface area contributed by atoms with E-state index in [1.807, 2.05) is 19.1 Å². The second-order valence-electron chi connectivity index (χ2n) is 3.96. The summed E-state index contributed by atoms with van der Waals surface area (Å²) >= 11 is 0. The Bertz CT molecular complexity index is 350. The standard InChI is InChI=1S/C13H19NO2/c1-2-10(15)6-5-9-13(16)11-7-3-4-8-12(11)14/h3-4,7-8,10,15H,2,5-6,9,14H2,1H3. The number of rotatable bonds is 6. The van der Waals surface area contributed by atoms with Crippen LogP contribution < -0.4 is 5.73 Å². The summed E-state index contributed by atoms with van der Waals surface area (Å²) in [6.45, 7) is 1.93. The van der Waals surface area contributed by atoms with Crippen molar-refractivity contribution in [3.63, 3.8) is 0 Å². The van der Waals surface area contributed by atoms with Gasteiger partial charge in [0.1, 0.15) is 0 Å². The van der Waals surface area contributed by atoms with Crippen molar-refractivity contribution in [2.24, 2.45) is 0 Å². The highest BCUT2D eigenvalue weighted by Crippen LogP contribution is 2.15. The van der Waals surface area contributed by atoms with Crippen LogP contribution in [-0.4, -0.2) is 17.0 Å². The van der Waals surface area contributed by atoms with Crippen LogP contribution in [0.25, 0.3) is 0 Å². The summed E-state index contributed by atoms with van der Waals surface area (Å²) in [5.74, 6) is 0.0569. The summed E-state index contributed by atoms with van der Waals surface area (Å²) in [5, 5.41) is 9.36. The highest BCUT2D eigenvalue weighted by Gasteiger charge is 2.09. The van der Waals surface area contributed by atoms with Crippen LogP contribution in [0, 0.1) is 0 Å². The molecule has 0 amide bonds. The zero-order valence-electron chi connectivity index (χ0n) is 9.65. The van der Waals surface area contributed by atoms with E-state index in [1.54, 1.807) is 12.1 Å². The van der Waals surface area contributed by atoms with E-state index in [9.17, 15) is 9.90 Å². The molecule has 1 aromatic rings. The summed E-state index contributed by atoms with van der Waals surface area (Å²) in [7, 11) is 0. The quantitative estimate of drug-likeness (QED) is 0.572. The fraction of sp³-hybridized carbons (Fsp3) is 0.462. The van der Waals surface area contributed by atoms with Gasteiger partial charge in [-0.1, -0.05) is 19.1 Å². The molecule has 1 unspecified atom stereocenters. The number of carbonyl (C=O) groups excluding carboxylic acids is 1. The largest absolute Gasteiger partial charge is 0.398 e. The fourth-order valence-electron chi connectivity index (χ4n) is 1.59. The van der Waals surface area contributed by atoms with Gasteiger partial charge in [0.05, 0.1) is 6.10 Å². The van der Waals surface area contributed by atoms with Crippen LogP contribution >= 0.6 is 0 Å². The van der Waals surface area contributed by atoms with Gasteiger partial charge in [-0.25, -0.2) is 0 Å². The first-order chi connectivity index (χ1) is 7.65. The van der Waals surface area contributed by atoms with Crippen LogP contribution in [-0.2, 0) is 0 Å². The lowest BCUT2D eigenvalue weighted by atomic mass is 10.0. The van der Waals surface area contributed by atoms with Crippen LogP contribution in [0.1, 0.15) is 43.0 Å². The molecule has 0 fully saturated rings. The van der Waals surface area contributed by atoms with Gasteiger partial charge in [0, 0.05) is 17.7 Å². The van der Waals surface area contributed by atoms with Gasteiger partial charge >= 0.3 is 0 Å². The Labute approximate surface area is 96.3 Å². The van der Waals surface area contributed by atoms with Crippen LogP contribution in [0.5, 0.6) is 0 Å². The minimum absolute atomic E-state index is 0.0569. The molecular weight excluding hydrogens is 202 g/mol. The second kappa shape index (κ2) is 6.28. The molecule has 1 aromatic carbocycles. The van der Waals surface area contributed by atoms with Gasteiger partial charge in [-0.05, 0) is 31.4 Å². The van der Waals surface area contributed by atoms with Gasteiger partial charge in [0.15, 0.2) is 5.78 Å². The number of aliphatic hydroxyl groups excluding tert-OH is 1. The van der Waals surface area contributed by atoms with Crippen molar-refractivity contribution in [2.45, 2.75) is 38.7 Å². The molecule has 0 aromatic heterocycles. The molecule has 0 saturated heterocycles. The maximum Gasteiger partial charge on any atom is 0.164 e. The first-order valence-electron chi connectivity index (χ1n) is 5.71. The number of para-hydroxylation sites is 1. The van der Waals surface area contributed by atoms with Gasteiger partial charge < -0.3 is 10.8 Å². The molecule has 0 aliphatic rings. The minimum atomic E-state index is -0.291. The van der Waals surface area contributed by atoms with Crippen molar-refractivity contribution in [1.82, 2.24) is 0 Å². The first-order valence-corrected chi connectivity index (χ1v) is 5.71. The molecule has 1 atom stereocenters. The van der Waals surface area contributed by atoms with Crippen LogP contribution in [0.4, 0.5) is 5.69 Å². The van der Waals surface area contributed by atoms with Crippen molar-refractivity contribution in [3.8, 4) is 0 Å². The summed E-state index contributed by atoms with van der Waals surface area (Å²) in [6, 6.07) is 7.10. The van der Waals surface area contributed by atoms with E-state index in [0.29, 0.717) is 30.5 Å². The summed E-state index contributed by atoms with van der Waals surface area (Å²) in [4.78, 5) is 11.8. The Morgan fingerprint density at radius 3 is 2.75 bits per heavy atom. The smallest absolute Gasteiger partial charge is 0.164 e. The Balaban J connectivity index is 2.44. The molecule has 0 bridgehead atoms. The zero-order chi connectivity index (χ0) is 12.0. The van der Waals surface area contributed by atoms with E-state index in [-0.39, 0.29) is 11.9 Å². The summed E-state index contributed by atoms with van der Waals surface area (Å²) in [5.41, 5.74) is 6.83.